The predicted molar refractivity (Wildman–Crippen MR) is 68.4 cm³/mol. The average Bonchev–Trinajstić information content (AvgIpc) is 2.80. The number of nitrogens with zero attached hydrogens (tertiary/aromatic N) is 2. The molecule has 2 rings (SSSR count). The van der Waals surface area contributed by atoms with Crippen molar-refractivity contribution in [2.45, 2.75) is 25.9 Å². The molecule has 2 heterocycles. The minimum atomic E-state index is -0.847. The smallest absolute Gasteiger partial charge is 0.308 e. The largest absolute Gasteiger partial charge is 0.481 e. The van der Waals surface area contributed by atoms with Gasteiger partial charge in [0, 0.05) is 30.9 Å². The monoisotopic (exact) mass is 263 g/mol. The van der Waals surface area contributed by atoms with E-state index >= 15 is 0 Å². The van der Waals surface area contributed by atoms with Crippen LogP contribution in [0.2, 0.25) is 0 Å². The van der Waals surface area contributed by atoms with E-state index in [1.54, 1.807) is 30.2 Å². The van der Waals surface area contributed by atoms with Crippen molar-refractivity contribution in [2.75, 3.05) is 6.54 Å². The SMILES string of the molecule is CC1C(C(=O)O)CCN1C(=O)c1ccnc(CN)c1. The molecule has 3 N–H and O–H groups in total. The van der Waals surface area contributed by atoms with Crippen LogP contribution in [0.15, 0.2) is 18.3 Å². The van der Waals surface area contributed by atoms with Crippen molar-refractivity contribution in [3.05, 3.63) is 29.6 Å². The van der Waals surface area contributed by atoms with Crippen molar-refractivity contribution >= 4 is 11.9 Å². The van der Waals surface area contributed by atoms with Crippen LogP contribution in [0.1, 0.15) is 29.4 Å². The maximum absolute atomic E-state index is 12.4. The van der Waals surface area contributed by atoms with Gasteiger partial charge >= 0.3 is 5.97 Å². The van der Waals surface area contributed by atoms with E-state index in [2.05, 4.69) is 4.98 Å². The second-order valence-corrected chi connectivity index (χ2v) is 4.71. The van der Waals surface area contributed by atoms with Gasteiger partial charge in [0.1, 0.15) is 0 Å². The zero-order valence-electron chi connectivity index (χ0n) is 10.7. The quantitative estimate of drug-likeness (QED) is 0.826. The lowest BCUT2D eigenvalue weighted by atomic mass is 10.0. The average molecular weight is 263 g/mol. The fourth-order valence-electron chi connectivity index (χ4n) is 2.45. The summed E-state index contributed by atoms with van der Waals surface area (Å²) in [4.78, 5) is 29.1. The Kier molecular flexibility index (Phi) is 3.80. The number of carboxylic acids is 1. The van der Waals surface area contributed by atoms with E-state index in [1.807, 2.05) is 0 Å². The summed E-state index contributed by atoms with van der Waals surface area (Å²) in [5.41, 5.74) is 6.65. The van der Waals surface area contributed by atoms with Crippen molar-refractivity contribution in [1.29, 1.82) is 0 Å². The van der Waals surface area contributed by atoms with E-state index in [0.29, 0.717) is 24.2 Å². The normalized spacial score (nSPS) is 22.5. The van der Waals surface area contributed by atoms with Gasteiger partial charge in [0.2, 0.25) is 0 Å². The maximum Gasteiger partial charge on any atom is 0.308 e. The number of pyridine rings is 1. The number of carbonyl (C=O) groups is 2. The molecular weight excluding hydrogens is 246 g/mol. The molecule has 6 heteroatoms. The first-order valence-electron chi connectivity index (χ1n) is 6.23. The molecule has 1 fully saturated rings. The van der Waals surface area contributed by atoms with E-state index in [1.165, 1.54) is 0 Å². The van der Waals surface area contributed by atoms with Crippen molar-refractivity contribution in [3.8, 4) is 0 Å². The number of hydrogen-bond acceptors (Lipinski definition) is 4. The number of likely N-dealkylation sites (tertiary alicyclic amines) is 1. The second-order valence-electron chi connectivity index (χ2n) is 4.71. The third-order valence-electron chi connectivity index (χ3n) is 3.61. The highest BCUT2D eigenvalue weighted by Gasteiger charge is 2.38. The molecule has 19 heavy (non-hydrogen) atoms. The molecule has 1 aliphatic heterocycles. The molecule has 1 aromatic heterocycles. The summed E-state index contributed by atoms with van der Waals surface area (Å²) in [7, 11) is 0. The summed E-state index contributed by atoms with van der Waals surface area (Å²) < 4.78 is 0. The Morgan fingerprint density at radius 1 is 1.58 bits per heavy atom. The predicted octanol–water partition coefficient (Wildman–Crippen LogP) is 0.475. The van der Waals surface area contributed by atoms with Crippen LogP contribution in [-0.4, -0.2) is 39.5 Å². The summed E-state index contributed by atoms with van der Waals surface area (Å²) in [6.07, 6.45) is 2.04. The van der Waals surface area contributed by atoms with Crippen molar-refractivity contribution in [1.82, 2.24) is 9.88 Å². The van der Waals surface area contributed by atoms with Gasteiger partial charge in [0.15, 0.2) is 0 Å². The van der Waals surface area contributed by atoms with Gasteiger partial charge in [0.25, 0.3) is 5.91 Å². The number of aliphatic carboxylic acids is 1. The van der Waals surface area contributed by atoms with E-state index in [0.717, 1.165) is 0 Å². The molecule has 1 aromatic rings. The Morgan fingerprint density at radius 3 is 2.89 bits per heavy atom. The van der Waals surface area contributed by atoms with Gasteiger partial charge in [-0.15, -0.1) is 0 Å². The maximum atomic E-state index is 12.4. The van der Waals surface area contributed by atoms with Gasteiger partial charge in [-0.05, 0) is 25.5 Å². The lowest BCUT2D eigenvalue weighted by molar-refractivity contribution is -0.142. The van der Waals surface area contributed by atoms with Gasteiger partial charge < -0.3 is 15.7 Å². The Hall–Kier alpha value is -1.95. The van der Waals surface area contributed by atoms with E-state index in [-0.39, 0.29) is 18.5 Å². The molecule has 2 atom stereocenters. The molecule has 6 nitrogen and oxygen atoms in total. The fraction of sp³-hybridized carbons (Fsp3) is 0.462. The van der Waals surface area contributed by atoms with Crippen molar-refractivity contribution < 1.29 is 14.7 Å². The van der Waals surface area contributed by atoms with E-state index in [9.17, 15) is 9.59 Å². The highest BCUT2D eigenvalue weighted by Crippen LogP contribution is 2.26. The lowest BCUT2D eigenvalue weighted by Crippen LogP contribution is -2.37. The molecule has 1 saturated heterocycles. The second kappa shape index (κ2) is 5.36. The Balaban J connectivity index is 2.18. The molecule has 0 saturated carbocycles. The Bertz CT molecular complexity index is 504. The first-order chi connectivity index (χ1) is 9.04. The van der Waals surface area contributed by atoms with Crippen LogP contribution in [0.5, 0.6) is 0 Å². The molecule has 1 aliphatic rings. The van der Waals surface area contributed by atoms with Gasteiger partial charge in [-0.25, -0.2) is 0 Å². The van der Waals surface area contributed by atoms with E-state index in [4.69, 9.17) is 10.8 Å². The van der Waals surface area contributed by atoms with Gasteiger partial charge in [0.05, 0.1) is 11.6 Å². The van der Waals surface area contributed by atoms with E-state index < -0.39 is 11.9 Å². The van der Waals surface area contributed by atoms with Crippen LogP contribution in [0.25, 0.3) is 0 Å². The fourth-order valence-corrected chi connectivity index (χ4v) is 2.45. The molecule has 2 unspecified atom stereocenters. The van der Waals surface area contributed by atoms with Crippen LogP contribution >= 0.6 is 0 Å². The van der Waals surface area contributed by atoms with Crippen LogP contribution < -0.4 is 5.73 Å². The summed E-state index contributed by atoms with van der Waals surface area (Å²) in [6, 6.07) is 2.99. The number of hydrogen-bond donors (Lipinski definition) is 2. The summed E-state index contributed by atoms with van der Waals surface area (Å²) in [5, 5.41) is 9.07. The highest BCUT2D eigenvalue weighted by atomic mass is 16.4. The first-order valence-corrected chi connectivity index (χ1v) is 6.23. The van der Waals surface area contributed by atoms with Crippen molar-refractivity contribution in [3.63, 3.8) is 0 Å². The first kappa shape index (κ1) is 13.5. The Morgan fingerprint density at radius 2 is 2.32 bits per heavy atom. The molecule has 0 spiro atoms. The zero-order chi connectivity index (χ0) is 14.0. The number of carboxylic acid groups (broad SMARTS) is 1. The lowest BCUT2D eigenvalue weighted by Gasteiger charge is -2.23. The summed E-state index contributed by atoms with van der Waals surface area (Å²) in [6.45, 7) is 2.51. The third kappa shape index (κ3) is 2.58. The molecule has 0 radical (unpaired) electrons. The number of rotatable bonds is 3. The molecule has 0 aromatic carbocycles. The van der Waals surface area contributed by atoms with Crippen LogP contribution in [-0.2, 0) is 11.3 Å². The van der Waals surface area contributed by atoms with Crippen LogP contribution in [0, 0.1) is 5.92 Å². The summed E-state index contributed by atoms with van der Waals surface area (Å²) >= 11 is 0. The number of amides is 1. The highest BCUT2D eigenvalue weighted by molar-refractivity contribution is 5.95. The van der Waals surface area contributed by atoms with Crippen LogP contribution in [0.4, 0.5) is 0 Å². The zero-order valence-corrected chi connectivity index (χ0v) is 10.7. The van der Waals surface area contributed by atoms with Gasteiger partial charge in [-0.1, -0.05) is 0 Å². The topological polar surface area (TPSA) is 96.5 Å². The van der Waals surface area contributed by atoms with Gasteiger partial charge in [-0.2, -0.15) is 0 Å². The minimum Gasteiger partial charge on any atom is -0.481 e. The molecule has 102 valence electrons. The minimum absolute atomic E-state index is 0.159. The van der Waals surface area contributed by atoms with Gasteiger partial charge in [-0.3, -0.25) is 14.6 Å². The molecule has 0 aliphatic carbocycles. The number of aromatic nitrogens is 1. The Labute approximate surface area is 111 Å². The van der Waals surface area contributed by atoms with Crippen LogP contribution in [0.3, 0.4) is 0 Å². The third-order valence-corrected chi connectivity index (χ3v) is 3.61. The molecule has 1 amide bonds. The standard InChI is InChI=1S/C13H17N3O3/c1-8-11(13(18)19)3-5-16(8)12(17)9-2-4-15-10(6-9)7-14/h2,4,6,8,11H,3,5,7,14H2,1H3,(H,18,19). The number of carbonyl (C=O) groups excluding carboxylic acids is 1. The summed E-state index contributed by atoms with van der Waals surface area (Å²) in [5.74, 6) is -1.49. The van der Waals surface area contributed by atoms with Crippen molar-refractivity contribution in [2.24, 2.45) is 11.7 Å². The number of nitrogens with two attached hydrogens (primary N) is 1. The molecule has 0 bridgehead atoms. The molecular formula is C13H17N3O3.